The molecule has 2 atom stereocenters. The van der Waals surface area contributed by atoms with Gasteiger partial charge in [0.05, 0.1) is 10.6 Å². The van der Waals surface area contributed by atoms with Gasteiger partial charge in [-0.25, -0.2) is 0 Å². The summed E-state index contributed by atoms with van der Waals surface area (Å²) < 4.78 is 0. The summed E-state index contributed by atoms with van der Waals surface area (Å²) in [6.07, 6.45) is 3.14. The van der Waals surface area contributed by atoms with Crippen LogP contribution in [0.1, 0.15) is 24.2 Å². The van der Waals surface area contributed by atoms with Crippen molar-refractivity contribution in [3.05, 3.63) is 29.0 Å². The fourth-order valence-electron chi connectivity index (χ4n) is 3.46. The Balaban J connectivity index is 1.91. The first kappa shape index (κ1) is 12.9. The molecule has 4 nitrogen and oxygen atoms in total. The second kappa shape index (κ2) is 4.46. The van der Waals surface area contributed by atoms with Crippen LogP contribution in [0, 0.1) is 11.8 Å². The van der Waals surface area contributed by atoms with Gasteiger partial charge in [0.15, 0.2) is 0 Å². The molecule has 0 spiro atoms. The molecule has 2 unspecified atom stereocenters. The largest absolute Gasteiger partial charge is 0.333 e. The van der Waals surface area contributed by atoms with Crippen LogP contribution in [0.5, 0.6) is 0 Å². The summed E-state index contributed by atoms with van der Waals surface area (Å²) in [5.74, 6) is 1.10. The molecule has 2 aliphatic rings. The number of carbonyl (C=O) groups excluding carboxylic acids is 1. The van der Waals surface area contributed by atoms with E-state index < -0.39 is 0 Å². The van der Waals surface area contributed by atoms with E-state index in [0.29, 0.717) is 22.4 Å². The number of hydrogen-bond donors (Lipinski definition) is 1. The van der Waals surface area contributed by atoms with Crippen molar-refractivity contribution in [1.29, 1.82) is 0 Å². The van der Waals surface area contributed by atoms with Crippen molar-refractivity contribution in [1.82, 2.24) is 15.2 Å². The van der Waals surface area contributed by atoms with Gasteiger partial charge in [-0.05, 0) is 31.7 Å². The lowest BCUT2D eigenvalue weighted by Crippen LogP contribution is -2.47. The number of fused-ring (bicyclic) bond motifs is 1. The molecule has 102 valence electrons. The molecule has 3 heterocycles. The van der Waals surface area contributed by atoms with Gasteiger partial charge in [0.1, 0.15) is 0 Å². The minimum Gasteiger partial charge on any atom is -0.333 e. The molecule has 1 amide bonds. The first-order valence-corrected chi connectivity index (χ1v) is 7.02. The number of halogens is 1. The van der Waals surface area contributed by atoms with Crippen molar-refractivity contribution in [2.45, 2.75) is 19.4 Å². The first-order chi connectivity index (χ1) is 9.01. The quantitative estimate of drug-likeness (QED) is 0.853. The van der Waals surface area contributed by atoms with Gasteiger partial charge in [0.2, 0.25) is 0 Å². The molecule has 0 bridgehead atoms. The minimum atomic E-state index is -0.127. The Morgan fingerprint density at radius 1 is 1.53 bits per heavy atom. The van der Waals surface area contributed by atoms with Gasteiger partial charge in [0.25, 0.3) is 5.91 Å². The van der Waals surface area contributed by atoms with Crippen LogP contribution in [-0.2, 0) is 0 Å². The van der Waals surface area contributed by atoms with Crippen molar-refractivity contribution in [3.8, 4) is 0 Å². The summed E-state index contributed by atoms with van der Waals surface area (Å²) >= 11 is 6.09. The zero-order valence-electron chi connectivity index (χ0n) is 11.2. The van der Waals surface area contributed by atoms with Crippen LogP contribution in [0.4, 0.5) is 0 Å². The maximum atomic E-state index is 12.7. The highest BCUT2D eigenvalue weighted by molar-refractivity contribution is 6.33. The topological polar surface area (TPSA) is 45.2 Å². The van der Waals surface area contributed by atoms with Crippen LogP contribution in [0.2, 0.25) is 5.02 Å². The van der Waals surface area contributed by atoms with E-state index >= 15 is 0 Å². The third-order valence-corrected chi connectivity index (χ3v) is 4.91. The van der Waals surface area contributed by atoms with E-state index in [2.05, 4.69) is 24.1 Å². The Morgan fingerprint density at radius 2 is 2.32 bits per heavy atom. The number of rotatable bonds is 1. The van der Waals surface area contributed by atoms with Gasteiger partial charge in [-0.2, -0.15) is 0 Å². The standard InChI is InChI=1S/C14H18ClN3O/c1-14(2)11-6-17-5-9(11)8-18(14)13(19)10-3-4-16-7-12(10)15/h3-4,7,9,11,17H,5-6,8H2,1-2H3. The Labute approximate surface area is 118 Å². The predicted octanol–water partition coefficient (Wildman–Crippen LogP) is 1.80. The predicted molar refractivity (Wildman–Crippen MR) is 74.2 cm³/mol. The molecule has 0 aromatic carbocycles. The van der Waals surface area contributed by atoms with E-state index in [0.717, 1.165) is 19.6 Å². The van der Waals surface area contributed by atoms with Crippen molar-refractivity contribution in [3.63, 3.8) is 0 Å². The van der Waals surface area contributed by atoms with Crippen LogP contribution in [0.15, 0.2) is 18.5 Å². The number of likely N-dealkylation sites (tertiary alicyclic amines) is 1. The Kier molecular flexibility index (Phi) is 3.02. The minimum absolute atomic E-state index is 0.0202. The maximum absolute atomic E-state index is 12.7. The molecule has 2 fully saturated rings. The lowest BCUT2D eigenvalue weighted by atomic mass is 9.84. The van der Waals surface area contributed by atoms with Gasteiger partial charge in [-0.15, -0.1) is 0 Å². The summed E-state index contributed by atoms with van der Waals surface area (Å²) in [7, 11) is 0. The summed E-state index contributed by atoms with van der Waals surface area (Å²) in [5, 5.41) is 3.85. The molecular formula is C14H18ClN3O. The second-order valence-corrected chi connectivity index (χ2v) is 6.36. The molecule has 1 aromatic heterocycles. The number of pyridine rings is 1. The highest BCUT2D eigenvalue weighted by atomic mass is 35.5. The number of amides is 1. The number of nitrogens with one attached hydrogen (secondary N) is 1. The van der Waals surface area contributed by atoms with Crippen LogP contribution >= 0.6 is 11.6 Å². The van der Waals surface area contributed by atoms with Gasteiger partial charge >= 0.3 is 0 Å². The summed E-state index contributed by atoms with van der Waals surface area (Å²) in [5.41, 5.74) is 0.426. The van der Waals surface area contributed by atoms with Crippen molar-refractivity contribution in [2.75, 3.05) is 19.6 Å². The lowest BCUT2D eigenvalue weighted by molar-refractivity contribution is 0.0603. The van der Waals surface area contributed by atoms with Crippen LogP contribution < -0.4 is 5.32 Å². The summed E-state index contributed by atoms with van der Waals surface area (Å²) in [6, 6.07) is 1.70. The number of nitrogens with zero attached hydrogens (tertiary/aromatic N) is 2. The highest BCUT2D eigenvalue weighted by Gasteiger charge is 2.51. The third-order valence-electron chi connectivity index (χ3n) is 4.61. The third kappa shape index (κ3) is 1.94. The van der Waals surface area contributed by atoms with Crippen LogP contribution in [-0.4, -0.2) is 41.0 Å². The Hall–Kier alpha value is -1.13. The molecule has 2 aliphatic heterocycles. The molecule has 1 N–H and O–H groups in total. The molecule has 0 radical (unpaired) electrons. The van der Waals surface area contributed by atoms with Crippen molar-refractivity contribution < 1.29 is 4.79 Å². The molecule has 2 saturated heterocycles. The fraction of sp³-hybridized carbons (Fsp3) is 0.571. The molecule has 3 rings (SSSR count). The van der Waals surface area contributed by atoms with Crippen LogP contribution in [0.3, 0.4) is 0 Å². The van der Waals surface area contributed by atoms with E-state index in [1.165, 1.54) is 6.20 Å². The van der Waals surface area contributed by atoms with Crippen molar-refractivity contribution in [2.24, 2.45) is 11.8 Å². The molecule has 0 saturated carbocycles. The maximum Gasteiger partial charge on any atom is 0.255 e. The van der Waals surface area contributed by atoms with E-state index in [1.54, 1.807) is 12.3 Å². The van der Waals surface area contributed by atoms with Crippen LogP contribution in [0.25, 0.3) is 0 Å². The van der Waals surface area contributed by atoms with E-state index in [9.17, 15) is 4.79 Å². The normalized spacial score (nSPS) is 28.5. The second-order valence-electron chi connectivity index (χ2n) is 5.95. The molecular weight excluding hydrogens is 262 g/mol. The lowest BCUT2D eigenvalue weighted by Gasteiger charge is -2.35. The average molecular weight is 280 g/mol. The fourth-order valence-corrected chi connectivity index (χ4v) is 3.66. The zero-order chi connectivity index (χ0) is 13.6. The summed E-state index contributed by atoms with van der Waals surface area (Å²) in [6.45, 7) is 7.10. The molecule has 1 aromatic rings. The number of aromatic nitrogens is 1. The SMILES string of the molecule is CC1(C)C2CNCC2CN1C(=O)c1ccncc1Cl. The van der Waals surface area contributed by atoms with Gasteiger partial charge in [-0.1, -0.05) is 11.6 Å². The molecule has 19 heavy (non-hydrogen) atoms. The monoisotopic (exact) mass is 279 g/mol. The first-order valence-electron chi connectivity index (χ1n) is 6.64. The van der Waals surface area contributed by atoms with E-state index in [4.69, 9.17) is 11.6 Å². The Bertz CT molecular complexity index is 517. The van der Waals surface area contributed by atoms with Gasteiger partial charge in [0, 0.05) is 37.6 Å². The van der Waals surface area contributed by atoms with Gasteiger partial charge in [-0.3, -0.25) is 9.78 Å². The van der Waals surface area contributed by atoms with Crippen molar-refractivity contribution >= 4 is 17.5 Å². The zero-order valence-corrected chi connectivity index (χ0v) is 11.9. The van der Waals surface area contributed by atoms with E-state index in [-0.39, 0.29) is 11.4 Å². The summed E-state index contributed by atoms with van der Waals surface area (Å²) in [4.78, 5) is 18.6. The van der Waals surface area contributed by atoms with Gasteiger partial charge < -0.3 is 10.2 Å². The molecule has 0 aliphatic carbocycles. The van der Waals surface area contributed by atoms with E-state index in [1.807, 2.05) is 4.90 Å². The number of carbonyl (C=O) groups is 1. The average Bonchev–Trinajstić information content (AvgIpc) is 2.92. The highest BCUT2D eigenvalue weighted by Crippen LogP contribution is 2.41. The smallest absolute Gasteiger partial charge is 0.255 e. The molecule has 5 heteroatoms. The number of hydrogen-bond acceptors (Lipinski definition) is 3. The Morgan fingerprint density at radius 3 is 3.00 bits per heavy atom.